The van der Waals surface area contributed by atoms with Crippen molar-refractivity contribution < 1.29 is 22.5 Å². The minimum absolute atomic E-state index is 0.00692. The molecule has 0 spiro atoms. The number of amides is 1. The van der Waals surface area contributed by atoms with Crippen LogP contribution in [-0.2, 0) is 14.8 Å². The van der Waals surface area contributed by atoms with E-state index in [-0.39, 0.29) is 16.4 Å². The molecule has 1 aliphatic heterocycles. The van der Waals surface area contributed by atoms with Crippen LogP contribution in [0, 0.1) is 21.8 Å². The van der Waals surface area contributed by atoms with Crippen LogP contribution in [0.15, 0.2) is 38.3 Å². The lowest BCUT2D eigenvalue weighted by Gasteiger charge is -2.30. The number of hydrogen-bond acceptors (Lipinski definition) is 6. The molecule has 150 valence electrons. The lowest BCUT2D eigenvalue weighted by Crippen LogP contribution is -2.43. The number of nitrogens with one attached hydrogen (secondary N) is 1. The fourth-order valence-electron chi connectivity index (χ4n) is 2.91. The van der Waals surface area contributed by atoms with E-state index in [9.17, 15) is 27.7 Å². The Bertz CT molecular complexity index is 1030. The molecule has 3 rings (SSSR count). The smallest absolute Gasteiger partial charge is 0.306 e. The maximum Gasteiger partial charge on any atom is 0.306 e. The molecule has 2 heterocycles. The first-order valence-electron chi connectivity index (χ1n) is 8.19. The van der Waals surface area contributed by atoms with Gasteiger partial charge in [-0.25, -0.2) is 8.42 Å². The van der Waals surface area contributed by atoms with Crippen LogP contribution in [0.25, 0.3) is 0 Å². The van der Waals surface area contributed by atoms with E-state index in [4.69, 9.17) is 0 Å². The van der Waals surface area contributed by atoms with Gasteiger partial charge in [0.1, 0.15) is 4.21 Å². The number of rotatable bonds is 5. The van der Waals surface area contributed by atoms with Gasteiger partial charge in [-0.2, -0.15) is 8.70 Å². The summed E-state index contributed by atoms with van der Waals surface area (Å²) in [6.45, 7) is 0.316. The molecule has 1 fully saturated rings. The molecular formula is C16H15BrFN3O5S2. The van der Waals surface area contributed by atoms with Crippen LogP contribution in [0.5, 0.6) is 0 Å². The summed E-state index contributed by atoms with van der Waals surface area (Å²) in [5.74, 6) is -2.08. The van der Waals surface area contributed by atoms with Crippen LogP contribution < -0.4 is 5.32 Å². The maximum absolute atomic E-state index is 13.4. The van der Waals surface area contributed by atoms with Gasteiger partial charge in [0.05, 0.1) is 14.6 Å². The molecule has 12 heteroatoms. The third-order valence-corrected chi connectivity index (χ3v) is 8.26. The number of sulfonamides is 1. The van der Waals surface area contributed by atoms with Crippen molar-refractivity contribution in [3.63, 3.8) is 0 Å². The van der Waals surface area contributed by atoms with Gasteiger partial charge in [-0.3, -0.25) is 14.9 Å². The second kappa shape index (κ2) is 8.23. The van der Waals surface area contributed by atoms with Crippen molar-refractivity contribution >= 4 is 54.6 Å². The Morgan fingerprint density at radius 2 is 2.11 bits per heavy atom. The molecule has 0 aliphatic carbocycles. The van der Waals surface area contributed by atoms with Crippen LogP contribution in [0.3, 0.4) is 0 Å². The van der Waals surface area contributed by atoms with E-state index >= 15 is 0 Å². The van der Waals surface area contributed by atoms with Crippen LogP contribution in [-0.4, -0.2) is 36.6 Å². The van der Waals surface area contributed by atoms with Crippen molar-refractivity contribution in [1.29, 1.82) is 0 Å². The summed E-state index contributed by atoms with van der Waals surface area (Å²) in [6, 6.07) is 6.22. The SMILES string of the molecule is O=C(Nc1ccc(F)c([N+](=O)[O-])c1)C1CCCN(S(=O)(=O)c2ccc(Br)s2)C1. The first-order chi connectivity index (χ1) is 13.2. The van der Waals surface area contributed by atoms with Crippen LogP contribution in [0.2, 0.25) is 0 Å². The molecule has 1 saturated heterocycles. The molecule has 1 aromatic carbocycles. The van der Waals surface area contributed by atoms with Crippen LogP contribution in [0.1, 0.15) is 12.8 Å². The van der Waals surface area contributed by atoms with Gasteiger partial charge < -0.3 is 5.32 Å². The summed E-state index contributed by atoms with van der Waals surface area (Å²) in [4.78, 5) is 22.5. The Hall–Kier alpha value is -1.89. The summed E-state index contributed by atoms with van der Waals surface area (Å²) in [5, 5.41) is 13.3. The van der Waals surface area contributed by atoms with Crippen molar-refractivity contribution in [2.24, 2.45) is 5.92 Å². The lowest BCUT2D eigenvalue weighted by molar-refractivity contribution is -0.387. The molecule has 1 unspecified atom stereocenters. The summed E-state index contributed by atoms with van der Waals surface area (Å²) < 4.78 is 41.1. The van der Waals surface area contributed by atoms with E-state index in [1.807, 2.05) is 0 Å². The third kappa shape index (κ3) is 4.40. The van der Waals surface area contributed by atoms with Crippen molar-refractivity contribution in [2.45, 2.75) is 17.1 Å². The third-order valence-electron chi connectivity index (χ3n) is 4.31. The number of nitro groups is 1. The average molecular weight is 492 g/mol. The summed E-state index contributed by atoms with van der Waals surface area (Å²) >= 11 is 4.33. The summed E-state index contributed by atoms with van der Waals surface area (Å²) in [6.07, 6.45) is 0.989. The van der Waals surface area contributed by atoms with Crippen molar-refractivity contribution in [3.05, 3.63) is 50.0 Å². The molecule has 0 saturated carbocycles. The first-order valence-corrected chi connectivity index (χ1v) is 11.2. The quantitative estimate of drug-likeness (QED) is 0.507. The van der Waals surface area contributed by atoms with Gasteiger partial charge in [-0.15, -0.1) is 11.3 Å². The largest absolute Gasteiger partial charge is 0.326 e. The topological polar surface area (TPSA) is 110 Å². The highest BCUT2D eigenvalue weighted by molar-refractivity contribution is 9.11. The Morgan fingerprint density at radius 1 is 1.36 bits per heavy atom. The Labute approximate surface area is 172 Å². The van der Waals surface area contributed by atoms with Crippen LogP contribution >= 0.6 is 27.3 Å². The van der Waals surface area contributed by atoms with E-state index in [1.54, 1.807) is 6.07 Å². The van der Waals surface area contributed by atoms with E-state index in [2.05, 4.69) is 21.2 Å². The van der Waals surface area contributed by atoms with Gasteiger partial charge >= 0.3 is 5.69 Å². The van der Waals surface area contributed by atoms with Gasteiger partial charge in [-0.1, -0.05) is 0 Å². The highest BCUT2D eigenvalue weighted by atomic mass is 79.9. The van der Waals surface area contributed by atoms with E-state index in [0.29, 0.717) is 23.2 Å². The zero-order chi connectivity index (χ0) is 20.5. The highest BCUT2D eigenvalue weighted by Gasteiger charge is 2.34. The number of carbonyl (C=O) groups excluding carboxylic acids is 1. The molecule has 0 bridgehead atoms. The Morgan fingerprint density at radius 3 is 2.75 bits per heavy atom. The summed E-state index contributed by atoms with van der Waals surface area (Å²) in [5.41, 5.74) is -0.658. The van der Waals surface area contributed by atoms with Crippen molar-refractivity contribution in [2.75, 3.05) is 18.4 Å². The molecule has 1 N–H and O–H groups in total. The standard InChI is InChI=1S/C16H15BrFN3O5S2/c17-14-5-6-15(27-14)28(25,26)20-7-1-2-10(9-20)16(22)19-11-3-4-12(18)13(8-11)21(23)24/h3-6,8,10H,1-2,7,9H2,(H,19,22). The Kier molecular flexibility index (Phi) is 6.12. The minimum Gasteiger partial charge on any atom is -0.326 e. The predicted octanol–water partition coefficient (Wildman–Crippen LogP) is 3.60. The lowest BCUT2D eigenvalue weighted by atomic mass is 9.98. The number of nitro benzene ring substituents is 1. The van der Waals surface area contributed by atoms with Crippen molar-refractivity contribution in [1.82, 2.24) is 4.31 Å². The van der Waals surface area contributed by atoms with Gasteiger partial charge in [0.15, 0.2) is 0 Å². The van der Waals surface area contributed by atoms with Gasteiger partial charge in [0.25, 0.3) is 10.0 Å². The fourth-order valence-corrected chi connectivity index (χ4v) is 6.60. The molecule has 1 atom stereocenters. The molecule has 2 aromatic rings. The van der Waals surface area contributed by atoms with E-state index < -0.39 is 38.3 Å². The minimum atomic E-state index is -3.70. The van der Waals surface area contributed by atoms with Gasteiger partial charge in [0, 0.05) is 24.8 Å². The number of piperidine rings is 1. The first kappa shape index (κ1) is 20.8. The number of hydrogen-bond donors (Lipinski definition) is 1. The van der Waals surface area contributed by atoms with Crippen LogP contribution in [0.4, 0.5) is 15.8 Å². The molecule has 1 amide bonds. The van der Waals surface area contributed by atoms with Gasteiger partial charge in [-0.05, 0) is 53.0 Å². The zero-order valence-corrected chi connectivity index (χ0v) is 17.5. The monoisotopic (exact) mass is 491 g/mol. The highest BCUT2D eigenvalue weighted by Crippen LogP contribution is 2.31. The van der Waals surface area contributed by atoms with E-state index in [1.165, 1.54) is 16.4 Å². The molecule has 1 aliphatic rings. The van der Waals surface area contributed by atoms with Crippen molar-refractivity contribution in [3.8, 4) is 0 Å². The molecule has 8 nitrogen and oxygen atoms in total. The number of thiophene rings is 1. The normalized spacial score (nSPS) is 18.0. The summed E-state index contributed by atoms with van der Waals surface area (Å²) in [7, 11) is -3.70. The predicted molar refractivity (Wildman–Crippen MR) is 105 cm³/mol. The second-order valence-electron chi connectivity index (χ2n) is 6.17. The second-order valence-corrected chi connectivity index (χ2v) is 10.8. The molecular weight excluding hydrogens is 477 g/mol. The molecule has 28 heavy (non-hydrogen) atoms. The number of anilines is 1. The number of halogens is 2. The number of carbonyl (C=O) groups is 1. The van der Waals surface area contributed by atoms with Gasteiger partial charge in [0.2, 0.25) is 11.7 Å². The average Bonchev–Trinajstić information content (AvgIpc) is 3.10. The maximum atomic E-state index is 13.4. The molecule has 1 aromatic heterocycles. The zero-order valence-electron chi connectivity index (χ0n) is 14.3. The number of nitrogens with zero attached hydrogens (tertiary/aromatic N) is 2. The molecule has 0 radical (unpaired) electrons. The number of benzene rings is 1. The Balaban J connectivity index is 1.73. The van der Waals surface area contributed by atoms with E-state index in [0.717, 1.165) is 23.5 Å². The fraction of sp³-hybridized carbons (Fsp3) is 0.312.